The number of hydrogen-bond donors (Lipinski definition) is 2. The number of carbonyl (C=O) groups excluding carboxylic acids is 1. The molecule has 4 nitrogen and oxygen atoms in total. The van der Waals surface area contributed by atoms with Crippen LogP contribution in [0.15, 0.2) is 0 Å². The molecule has 1 amide bonds. The molecule has 1 saturated heterocycles. The second kappa shape index (κ2) is 6.80. The summed E-state index contributed by atoms with van der Waals surface area (Å²) in [6, 6.07) is 0.467. The number of rotatable bonds is 5. The summed E-state index contributed by atoms with van der Waals surface area (Å²) in [6.07, 6.45) is 2.31. The second-order valence-electron chi connectivity index (χ2n) is 4.31. The molecule has 0 radical (unpaired) electrons. The maximum Gasteiger partial charge on any atom is 0.222 e. The molecule has 0 aromatic carbocycles. The molecule has 1 heterocycles. The van der Waals surface area contributed by atoms with E-state index in [-0.39, 0.29) is 11.8 Å². The highest BCUT2D eigenvalue weighted by molar-refractivity contribution is 5.77. The molecular formula is C11H22N2O2. The Morgan fingerprint density at radius 3 is 2.87 bits per heavy atom. The molecule has 0 saturated carbocycles. The predicted octanol–water partition coefficient (Wildman–Crippen LogP) is 0.527. The van der Waals surface area contributed by atoms with Crippen molar-refractivity contribution < 1.29 is 9.53 Å². The van der Waals surface area contributed by atoms with Crippen LogP contribution in [0.1, 0.15) is 26.7 Å². The van der Waals surface area contributed by atoms with Gasteiger partial charge in [0.05, 0.1) is 6.61 Å². The standard InChI is InChI=1S/C11H22N2O2/c1-9(2)11(14)13-6-5-12-10-4-3-7-15-8-10/h9-10,12H,3-8H2,1-2H3,(H,13,14). The van der Waals surface area contributed by atoms with E-state index in [9.17, 15) is 4.79 Å². The summed E-state index contributed by atoms with van der Waals surface area (Å²) in [7, 11) is 0. The average Bonchev–Trinajstić information content (AvgIpc) is 2.25. The lowest BCUT2D eigenvalue weighted by atomic mass is 10.1. The maximum absolute atomic E-state index is 11.2. The Kier molecular flexibility index (Phi) is 5.65. The van der Waals surface area contributed by atoms with Gasteiger partial charge < -0.3 is 15.4 Å². The normalized spacial score (nSPS) is 21.7. The molecular weight excluding hydrogens is 192 g/mol. The second-order valence-corrected chi connectivity index (χ2v) is 4.31. The van der Waals surface area contributed by atoms with Gasteiger partial charge in [0.2, 0.25) is 5.91 Å². The number of nitrogens with one attached hydrogen (secondary N) is 2. The molecule has 2 N–H and O–H groups in total. The zero-order valence-electron chi connectivity index (χ0n) is 9.71. The summed E-state index contributed by atoms with van der Waals surface area (Å²) >= 11 is 0. The monoisotopic (exact) mass is 214 g/mol. The lowest BCUT2D eigenvalue weighted by Gasteiger charge is -2.23. The zero-order chi connectivity index (χ0) is 11.1. The van der Waals surface area contributed by atoms with Crippen molar-refractivity contribution in [3.63, 3.8) is 0 Å². The molecule has 1 rings (SSSR count). The summed E-state index contributed by atoms with van der Waals surface area (Å²) in [4.78, 5) is 11.2. The first-order valence-corrected chi connectivity index (χ1v) is 5.79. The van der Waals surface area contributed by atoms with Gasteiger partial charge in [0.15, 0.2) is 0 Å². The first-order valence-electron chi connectivity index (χ1n) is 5.79. The Morgan fingerprint density at radius 1 is 1.47 bits per heavy atom. The van der Waals surface area contributed by atoms with Crippen molar-refractivity contribution >= 4 is 5.91 Å². The molecule has 1 atom stereocenters. The molecule has 1 aliphatic rings. The minimum atomic E-state index is 0.0722. The number of ether oxygens (including phenoxy) is 1. The Bertz CT molecular complexity index is 189. The van der Waals surface area contributed by atoms with Crippen LogP contribution in [0, 0.1) is 5.92 Å². The van der Waals surface area contributed by atoms with Gasteiger partial charge in [-0.15, -0.1) is 0 Å². The summed E-state index contributed by atoms with van der Waals surface area (Å²) < 4.78 is 5.35. The minimum absolute atomic E-state index is 0.0722. The van der Waals surface area contributed by atoms with E-state index in [1.165, 1.54) is 6.42 Å². The number of amides is 1. The fraction of sp³-hybridized carbons (Fsp3) is 0.909. The van der Waals surface area contributed by atoms with Gasteiger partial charge in [-0.2, -0.15) is 0 Å². The van der Waals surface area contributed by atoms with Gasteiger partial charge in [-0.1, -0.05) is 13.8 Å². The predicted molar refractivity (Wildman–Crippen MR) is 59.7 cm³/mol. The van der Waals surface area contributed by atoms with Crippen LogP contribution in [-0.2, 0) is 9.53 Å². The summed E-state index contributed by atoms with van der Waals surface area (Å²) in [5.74, 6) is 0.194. The topological polar surface area (TPSA) is 50.4 Å². The van der Waals surface area contributed by atoms with Crippen LogP contribution in [0.2, 0.25) is 0 Å². The van der Waals surface area contributed by atoms with E-state index < -0.39 is 0 Å². The molecule has 1 unspecified atom stereocenters. The summed E-state index contributed by atoms with van der Waals surface area (Å²) in [6.45, 7) is 7.02. The van der Waals surface area contributed by atoms with E-state index >= 15 is 0 Å². The molecule has 0 aromatic heterocycles. The van der Waals surface area contributed by atoms with Crippen LogP contribution < -0.4 is 10.6 Å². The van der Waals surface area contributed by atoms with Crippen molar-refractivity contribution in [2.75, 3.05) is 26.3 Å². The van der Waals surface area contributed by atoms with Gasteiger partial charge in [-0.05, 0) is 12.8 Å². The molecule has 0 bridgehead atoms. The van der Waals surface area contributed by atoms with Crippen molar-refractivity contribution in [3.05, 3.63) is 0 Å². The summed E-state index contributed by atoms with van der Waals surface area (Å²) in [5, 5.41) is 6.26. The fourth-order valence-corrected chi connectivity index (χ4v) is 1.57. The largest absolute Gasteiger partial charge is 0.380 e. The first kappa shape index (κ1) is 12.5. The third-order valence-corrected chi connectivity index (χ3v) is 2.54. The van der Waals surface area contributed by atoms with E-state index in [4.69, 9.17) is 4.74 Å². The van der Waals surface area contributed by atoms with Crippen LogP contribution >= 0.6 is 0 Å². The van der Waals surface area contributed by atoms with Crippen LogP contribution in [0.4, 0.5) is 0 Å². The van der Waals surface area contributed by atoms with Crippen molar-refractivity contribution in [1.82, 2.24) is 10.6 Å². The molecule has 1 fully saturated rings. The van der Waals surface area contributed by atoms with Gasteiger partial charge >= 0.3 is 0 Å². The van der Waals surface area contributed by atoms with Crippen molar-refractivity contribution in [1.29, 1.82) is 0 Å². The lowest BCUT2D eigenvalue weighted by molar-refractivity contribution is -0.123. The highest BCUT2D eigenvalue weighted by Gasteiger charge is 2.12. The Balaban J connectivity index is 1.98. The maximum atomic E-state index is 11.2. The smallest absolute Gasteiger partial charge is 0.222 e. The van der Waals surface area contributed by atoms with Crippen molar-refractivity contribution in [3.8, 4) is 0 Å². The van der Waals surface area contributed by atoms with Gasteiger partial charge in [0, 0.05) is 31.7 Å². The third-order valence-electron chi connectivity index (χ3n) is 2.54. The Morgan fingerprint density at radius 2 is 2.27 bits per heavy atom. The molecule has 15 heavy (non-hydrogen) atoms. The van der Waals surface area contributed by atoms with E-state index in [0.29, 0.717) is 12.6 Å². The highest BCUT2D eigenvalue weighted by atomic mass is 16.5. The van der Waals surface area contributed by atoms with Gasteiger partial charge in [-0.25, -0.2) is 0 Å². The Hall–Kier alpha value is -0.610. The van der Waals surface area contributed by atoms with Crippen LogP contribution in [0.3, 0.4) is 0 Å². The van der Waals surface area contributed by atoms with Crippen LogP contribution in [-0.4, -0.2) is 38.3 Å². The van der Waals surface area contributed by atoms with Gasteiger partial charge in [0.1, 0.15) is 0 Å². The summed E-state index contributed by atoms with van der Waals surface area (Å²) in [5.41, 5.74) is 0. The highest BCUT2D eigenvalue weighted by Crippen LogP contribution is 2.04. The van der Waals surface area contributed by atoms with Crippen LogP contribution in [0.5, 0.6) is 0 Å². The van der Waals surface area contributed by atoms with Crippen molar-refractivity contribution in [2.45, 2.75) is 32.7 Å². The molecule has 0 aliphatic carbocycles. The van der Waals surface area contributed by atoms with E-state index in [1.807, 2.05) is 13.8 Å². The third kappa shape index (κ3) is 5.14. The number of hydrogen-bond acceptors (Lipinski definition) is 3. The van der Waals surface area contributed by atoms with Gasteiger partial charge in [-0.3, -0.25) is 4.79 Å². The quantitative estimate of drug-likeness (QED) is 0.656. The van der Waals surface area contributed by atoms with E-state index in [0.717, 1.165) is 26.2 Å². The average molecular weight is 214 g/mol. The SMILES string of the molecule is CC(C)C(=O)NCCNC1CCCOC1. The van der Waals surface area contributed by atoms with Crippen molar-refractivity contribution in [2.24, 2.45) is 5.92 Å². The first-order chi connectivity index (χ1) is 7.20. The fourth-order valence-electron chi connectivity index (χ4n) is 1.57. The van der Waals surface area contributed by atoms with E-state index in [1.54, 1.807) is 0 Å². The lowest BCUT2D eigenvalue weighted by Crippen LogP contribution is -2.41. The molecule has 0 spiro atoms. The molecule has 4 heteroatoms. The zero-order valence-corrected chi connectivity index (χ0v) is 9.71. The minimum Gasteiger partial charge on any atom is -0.380 e. The molecule has 0 aromatic rings. The molecule has 88 valence electrons. The Labute approximate surface area is 91.8 Å². The molecule has 1 aliphatic heterocycles. The van der Waals surface area contributed by atoms with Gasteiger partial charge in [0.25, 0.3) is 0 Å². The van der Waals surface area contributed by atoms with E-state index in [2.05, 4.69) is 10.6 Å². The van der Waals surface area contributed by atoms with Crippen LogP contribution in [0.25, 0.3) is 0 Å². The number of carbonyl (C=O) groups is 1.